The van der Waals surface area contributed by atoms with Crippen LogP contribution in [0.5, 0.6) is 0 Å². The van der Waals surface area contributed by atoms with E-state index in [1.165, 1.54) is 0 Å². The predicted octanol–water partition coefficient (Wildman–Crippen LogP) is 2.02. The van der Waals surface area contributed by atoms with Gasteiger partial charge in [0.25, 0.3) is 5.92 Å². The highest BCUT2D eigenvalue weighted by Gasteiger charge is 2.51. The first-order chi connectivity index (χ1) is 8.13. The second kappa shape index (κ2) is 3.66. The minimum Gasteiger partial charge on any atom is -0.480 e. The van der Waals surface area contributed by atoms with Gasteiger partial charge in [0.1, 0.15) is 6.54 Å². The molecule has 18 heavy (non-hydrogen) atoms. The normalized spacial score (nSPS) is 17.8. The third-order valence-corrected chi connectivity index (χ3v) is 2.65. The van der Waals surface area contributed by atoms with Gasteiger partial charge in [0.15, 0.2) is 5.69 Å². The van der Waals surface area contributed by atoms with Crippen molar-refractivity contribution >= 4 is 5.97 Å². The van der Waals surface area contributed by atoms with E-state index in [1.54, 1.807) is 0 Å². The van der Waals surface area contributed by atoms with Gasteiger partial charge < -0.3 is 5.11 Å². The van der Waals surface area contributed by atoms with Crippen molar-refractivity contribution in [2.45, 2.75) is 31.5 Å². The number of fused-ring (bicyclic) bond motifs is 1. The molecule has 1 aromatic heterocycles. The molecule has 100 valence electrons. The fourth-order valence-electron chi connectivity index (χ4n) is 1.99. The van der Waals surface area contributed by atoms with E-state index in [0.717, 1.165) is 0 Å². The van der Waals surface area contributed by atoms with Crippen molar-refractivity contribution < 1.29 is 31.9 Å². The van der Waals surface area contributed by atoms with Crippen LogP contribution in [0.4, 0.5) is 22.0 Å². The first kappa shape index (κ1) is 12.8. The van der Waals surface area contributed by atoms with E-state index in [2.05, 4.69) is 5.10 Å². The SMILES string of the molecule is O=C(O)Cn1nc(C(F)(F)F)c2c1CCC2(F)F. The van der Waals surface area contributed by atoms with Gasteiger partial charge in [-0.25, -0.2) is 8.78 Å². The minimum atomic E-state index is -5.03. The lowest BCUT2D eigenvalue weighted by Gasteiger charge is -2.11. The standard InChI is InChI=1S/C9H7F5N2O2/c10-8(11)2-1-4-6(8)7(9(12,13)14)15-16(4)3-5(17)18/h1-3H2,(H,17,18). The van der Waals surface area contributed by atoms with Crippen LogP contribution in [0.2, 0.25) is 0 Å². The Morgan fingerprint density at radius 3 is 2.56 bits per heavy atom. The number of nitrogens with zero attached hydrogens (tertiary/aromatic N) is 2. The highest BCUT2D eigenvalue weighted by Crippen LogP contribution is 2.47. The number of alkyl halides is 5. The quantitative estimate of drug-likeness (QED) is 0.836. The van der Waals surface area contributed by atoms with Gasteiger partial charge in [-0.3, -0.25) is 9.48 Å². The van der Waals surface area contributed by atoms with Gasteiger partial charge in [-0.05, 0) is 6.42 Å². The average Bonchev–Trinajstić information content (AvgIpc) is 2.65. The van der Waals surface area contributed by atoms with Crippen molar-refractivity contribution in [3.63, 3.8) is 0 Å². The topological polar surface area (TPSA) is 55.1 Å². The number of hydrogen-bond acceptors (Lipinski definition) is 2. The average molecular weight is 270 g/mol. The van der Waals surface area contributed by atoms with Gasteiger partial charge in [0.2, 0.25) is 0 Å². The lowest BCUT2D eigenvalue weighted by Crippen LogP contribution is -2.17. The Hall–Kier alpha value is -1.67. The van der Waals surface area contributed by atoms with Gasteiger partial charge in [-0.15, -0.1) is 0 Å². The largest absolute Gasteiger partial charge is 0.480 e. The summed E-state index contributed by atoms with van der Waals surface area (Å²) in [6.07, 6.45) is -6.11. The van der Waals surface area contributed by atoms with Crippen LogP contribution in [0.1, 0.15) is 23.4 Å². The monoisotopic (exact) mass is 270 g/mol. The van der Waals surface area contributed by atoms with Crippen LogP contribution in [0, 0.1) is 0 Å². The van der Waals surface area contributed by atoms with E-state index in [9.17, 15) is 26.7 Å². The summed E-state index contributed by atoms with van der Waals surface area (Å²) >= 11 is 0. The summed E-state index contributed by atoms with van der Waals surface area (Å²) in [7, 11) is 0. The molecule has 0 atom stereocenters. The molecule has 0 aliphatic heterocycles. The Bertz CT molecular complexity index is 506. The molecule has 9 heteroatoms. The van der Waals surface area contributed by atoms with Crippen LogP contribution in [-0.4, -0.2) is 20.9 Å². The van der Waals surface area contributed by atoms with Crippen LogP contribution < -0.4 is 0 Å². The molecule has 0 amide bonds. The Morgan fingerprint density at radius 1 is 1.44 bits per heavy atom. The van der Waals surface area contributed by atoms with Crippen LogP contribution in [0.3, 0.4) is 0 Å². The number of rotatable bonds is 2. The number of carboxylic acids is 1. The van der Waals surface area contributed by atoms with Gasteiger partial charge in [0, 0.05) is 12.1 Å². The van der Waals surface area contributed by atoms with Crippen molar-refractivity contribution in [3.8, 4) is 0 Å². The lowest BCUT2D eigenvalue weighted by molar-refractivity contribution is -0.146. The molecule has 1 aromatic rings. The van der Waals surface area contributed by atoms with Crippen LogP contribution in [0.25, 0.3) is 0 Å². The van der Waals surface area contributed by atoms with Crippen LogP contribution >= 0.6 is 0 Å². The Kier molecular flexibility index (Phi) is 2.60. The molecular formula is C9H7F5N2O2. The first-order valence-corrected chi connectivity index (χ1v) is 4.90. The summed E-state index contributed by atoms with van der Waals surface area (Å²) in [5.41, 5.74) is -3.23. The maximum atomic E-state index is 13.4. The van der Waals surface area contributed by atoms with E-state index >= 15 is 0 Å². The lowest BCUT2D eigenvalue weighted by atomic mass is 10.1. The Balaban J connectivity index is 2.59. The fraction of sp³-hybridized carbons (Fsp3) is 0.556. The maximum absolute atomic E-state index is 13.4. The zero-order valence-corrected chi connectivity index (χ0v) is 8.76. The zero-order valence-electron chi connectivity index (χ0n) is 8.76. The maximum Gasteiger partial charge on any atom is 0.435 e. The molecule has 1 N–H and O–H groups in total. The van der Waals surface area contributed by atoms with Crippen molar-refractivity contribution in [1.82, 2.24) is 9.78 Å². The molecule has 0 saturated carbocycles. The number of hydrogen-bond donors (Lipinski definition) is 1. The van der Waals surface area contributed by atoms with E-state index < -0.39 is 42.3 Å². The number of carboxylic acid groups (broad SMARTS) is 1. The summed E-state index contributed by atoms with van der Waals surface area (Å²) in [5, 5.41) is 11.5. The fourth-order valence-corrected chi connectivity index (χ4v) is 1.99. The summed E-state index contributed by atoms with van der Waals surface area (Å²) in [4.78, 5) is 10.5. The van der Waals surface area contributed by atoms with E-state index in [1.807, 2.05) is 0 Å². The molecule has 1 aliphatic carbocycles. The third kappa shape index (κ3) is 1.93. The molecule has 4 nitrogen and oxygen atoms in total. The molecule has 1 aliphatic rings. The van der Waals surface area contributed by atoms with Gasteiger partial charge >= 0.3 is 12.1 Å². The number of carbonyl (C=O) groups is 1. The van der Waals surface area contributed by atoms with Crippen LogP contribution in [-0.2, 0) is 29.9 Å². The highest BCUT2D eigenvalue weighted by atomic mass is 19.4. The van der Waals surface area contributed by atoms with Gasteiger partial charge in [-0.1, -0.05) is 0 Å². The van der Waals surface area contributed by atoms with Crippen molar-refractivity contribution in [2.75, 3.05) is 0 Å². The van der Waals surface area contributed by atoms with Crippen molar-refractivity contribution in [1.29, 1.82) is 0 Å². The first-order valence-electron chi connectivity index (χ1n) is 4.90. The second-order valence-corrected chi connectivity index (χ2v) is 3.92. The van der Waals surface area contributed by atoms with Gasteiger partial charge in [0.05, 0.1) is 5.56 Å². The van der Waals surface area contributed by atoms with Gasteiger partial charge in [-0.2, -0.15) is 18.3 Å². The highest BCUT2D eigenvalue weighted by molar-refractivity contribution is 5.66. The molecule has 0 aromatic carbocycles. The third-order valence-electron chi connectivity index (χ3n) is 2.65. The molecule has 0 spiro atoms. The molecule has 0 unspecified atom stereocenters. The summed E-state index contributed by atoms with van der Waals surface area (Å²) < 4.78 is 65.0. The molecule has 1 heterocycles. The number of aliphatic carboxylic acids is 1. The summed E-state index contributed by atoms with van der Waals surface area (Å²) in [6.45, 7) is -0.867. The van der Waals surface area contributed by atoms with Crippen LogP contribution in [0.15, 0.2) is 0 Å². The second-order valence-electron chi connectivity index (χ2n) is 3.92. The van der Waals surface area contributed by atoms with Crippen molar-refractivity contribution in [3.05, 3.63) is 17.0 Å². The smallest absolute Gasteiger partial charge is 0.435 e. The summed E-state index contributed by atoms with van der Waals surface area (Å²) in [6, 6.07) is 0. The molecular weight excluding hydrogens is 263 g/mol. The predicted molar refractivity (Wildman–Crippen MR) is 47.1 cm³/mol. The molecule has 0 bridgehead atoms. The zero-order chi connectivity index (χ0) is 13.7. The van der Waals surface area contributed by atoms with E-state index in [4.69, 9.17) is 5.11 Å². The number of aromatic nitrogens is 2. The molecule has 0 fully saturated rings. The molecule has 0 saturated heterocycles. The van der Waals surface area contributed by atoms with E-state index in [-0.39, 0.29) is 12.1 Å². The van der Waals surface area contributed by atoms with E-state index in [0.29, 0.717) is 4.68 Å². The number of halogens is 5. The Morgan fingerprint density at radius 2 is 2.06 bits per heavy atom. The molecule has 0 radical (unpaired) electrons. The summed E-state index contributed by atoms with van der Waals surface area (Å²) in [5.74, 6) is -5.05. The van der Waals surface area contributed by atoms with Crippen molar-refractivity contribution in [2.24, 2.45) is 0 Å². The molecule has 2 rings (SSSR count). The minimum absolute atomic E-state index is 0.321. The Labute approximate surface area is 97.0 Å².